The maximum absolute atomic E-state index is 9.88. The van der Waals surface area contributed by atoms with E-state index in [1.807, 2.05) is 0 Å². The van der Waals surface area contributed by atoms with Crippen LogP contribution in [0.1, 0.15) is 6.92 Å². The standard InChI is InChI=1S/C8H8N2O2.ClH/c1-7(12-6-11)10-8-4-2-3-5-9-8;/h2-6H,1H3;1H. The molecule has 0 unspecified atom stereocenters. The molecule has 0 amide bonds. The van der Waals surface area contributed by atoms with Crippen LogP contribution in [0.25, 0.3) is 0 Å². The van der Waals surface area contributed by atoms with E-state index >= 15 is 0 Å². The fourth-order valence-corrected chi connectivity index (χ4v) is 0.677. The molecule has 0 aliphatic rings. The van der Waals surface area contributed by atoms with Gasteiger partial charge in [0.15, 0.2) is 11.7 Å². The van der Waals surface area contributed by atoms with E-state index in [9.17, 15) is 4.79 Å². The van der Waals surface area contributed by atoms with Crippen LogP contribution in [-0.4, -0.2) is 17.4 Å². The van der Waals surface area contributed by atoms with Crippen LogP contribution in [0.3, 0.4) is 0 Å². The Labute approximate surface area is 82.1 Å². The molecule has 0 aliphatic carbocycles. The van der Waals surface area contributed by atoms with Crippen LogP contribution < -0.4 is 0 Å². The van der Waals surface area contributed by atoms with Crippen molar-refractivity contribution in [3.63, 3.8) is 0 Å². The fourth-order valence-electron chi connectivity index (χ4n) is 0.677. The van der Waals surface area contributed by atoms with Crippen molar-refractivity contribution in [1.82, 2.24) is 4.98 Å². The highest BCUT2D eigenvalue weighted by Gasteiger charge is 1.91. The van der Waals surface area contributed by atoms with Crippen molar-refractivity contribution in [2.75, 3.05) is 0 Å². The zero-order chi connectivity index (χ0) is 8.81. The van der Waals surface area contributed by atoms with Gasteiger partial charge in [-0.25, -0.2) is 4.98 Å². The minimum Gasteiger partial charge on any atom is -0.414 e. The Hall–Kier alpha value is -1.42. The molecule has 4 nitrogen and oxygen atoms in total. The quantitative estimate of drug-likeness (QED) is 0.415. The number of aliphatic imine (C=N–C) groups is 1. The molecule has 0 N–H and O–H groups in total. The summed E-state index contributed by atoms with van der Waals surface area (Å²) in [6.45, 7) is 1.92. The molecule has 5 heteroatoms. The van der Waals surface area contributed by atoms with Crippen molar-refractivity contribution >= 4 is 30.6 Å². The van der Waals surface area contributed by atoms with Crippen LogP contribution in [0.5, 0.6) is 0 Å². The van der Waals surface area contributed by atoms with E-state index in [-0.39, 0.29) is 18.3 Å². The lowest BCUT2D eigenvalue weighted by Gasteiger charge is -1.94. The smallest absolute Gasteiger partial charge is 0.299 e. The first-order valence-electron chi connectivity index (χ1n) is 3.39. The number of hydrogen-bond acceptors (Lipinski definition) is 4. The van der Waals surface area contributed by atoms with E-state index < -0.39 is 0 Å². The molecule has 0 bridgehead atoms. The first kappa shape index (κ1) is 11.6. The van der Waals surface area contributed by atoms with Gasteiger partial charge in [-0.05, 0) is 12.1 Å². The summed E-state index contributed by atoms with van der Waals surface area (Å²) in [5.41, 5.74) is 0. The second-order valence-electron chi connectivity index (χ2n) is 2.03. The van der Waals surface area contributed by atoms with E-state index in [0.717, 1.165) is 0 Å². The van der Waals surface area contributed by atoms with Crippen molar-refractivity contribution in [2.24, 2.45) is 4.99 Å². The summed E-state index contributed by atoms with van der Waals surface area (Å²) in [6.07, 6.45) is 1.62. The number of aromatic nitrogens is 1. The zero-order valence-electron chi connectivity index (χ0n) is 7.01. The lowest BCUT2D eigenvalue weighted by molar-refractivity contribution is -0.121. The molecule has 0 saturated heterocycles. The topological polar surface area (TPSA) is 51.6 Å². The first-order valence-corrected chi connectivity index (χ1v) is 3.39. The molecule has 0 radical (unpaired) electrons. The largest absolute Gasteiger partial charge is 0.414 e. The lowest BCUT2D eigenvalue weighted by Crippen LogP contribution is -1.95. The van der Waals surface area contributed by atoms with Crippen molar-refractivity contribution in [3.8, 4) is 0 Å². The average Bonchev–Trinajstić information content (AvgIpc) is 2.06. The molecule has 13 heavy (non-hydrogen) atoms. The van der Waals surface area contributed by atoms with Gasteiger partial charge >= 0.3 is 0 Å². The molecule has 1 heterocycles. The van der Waals surface area contributed by atoms with Crippen molar-refractivity contribution in [3.05, 3.63) is 24.4 Å². The number of hydrogen-bond donors (Lipinski definition) is 0. The number of ether oxygens (including phenoxy) is 1. The Balaban J connectivity index is 0.00000144. The predicted molar refractivity (Wildman–Crippen MR) is 51.4 cm³/mol. The lowest BCUT2D eigenvalue weighted by atomic mass is 10.5. The van der Waals surface area contributed by atoms with Gasteiger partial charge in [-0.3, -0.25) is 4.79 Å². The predicted octanol–water partition coefficient (Wildman–Crippen LogP) is 1.73. The maximum atomic E-state index is 9.88. The minimum atomic E-state index is 0. The number of rotatable bonds is 2. The van der Waals surface area contributed by atoms with Crippen LogP contribution in [0.2, 0.25) is 0 Å². The zero-order valence-corrected chi connectivity index (χ0v) is 7.82. The number of pyridine rings is 1. The summed E-state index contributed by atoms with van der Waals surface area (Å²) in [5.74, 6) is 0.806. The minimum absolute atomic E-state index is 0. The Bertz CT molecular complexity index is 287. The van der Waals surface area contributed by atoms with Crippen LogP contribution in [0.4, 0.5) is 5.82 Å². The molecule has 1 rings (SSSR count). The van der Waals surface area contributed by atoms with Crippen molar-refractivity contribution in [1.29, 1.82) is 0 Å². The SMILES string of the molecule is CC(=Nc1ccccn1)OC=O.Cl. The summed E-state index contributed by atoms with van der Waals surface area (Å²) < 4.78 is 4.48. The van der Waals surface area contributed by atoms with Gasteiger partial charge in [0.2, 0.25) is 0 Å². The summed E-state index contributed by atoms with van der Waals surface area (Å²) >= 11 is 0. The second-order valence-corrected chi connectivity index (χ2v) is 2.03. The van der Waals surface area contributed by atoms with Gasteiger partial charge in [0.05, 0.1) is 0 Å². The van der Waals surface area contributed by atoms with Crippen LogP contribution in [-0.2, 0) is 9.53 Å². The molecule has 70 valence electrons. The summed E-state index contributed by atoms with van der Waals surface area (Å²) in [4.78, 5) is 17.7. The number of carbonyl (C=O) groups is 1. The Morgan fingerprint density at radius 1 is 1.62 bits per heavy atom. The normalized spacial score (nSPS) is 10.1. The van der Waals surface area contributed by atoms with Gasteiger partial charge < -0.3 is 4.74 Å². The molecular formula is C8H9ClN2O2. The molecule has 0 fully saturated rings. The third-order valence-corrected chi connectivity index (χ3v) is 1.14. The van der Waals surface area contributed by atoms with E-state index in [0.29, 0.717) is 12.3 Å². The third kappa shape index (κ3) is 4.22. The van der Waals surface area contributed by atoms with Gasteiger partial charge in [-0.1, -0.05) is 6.07 Å². The third-order valence-electron chi connectivity index (χ3n) is 1.14. The van der Waals surface area contributed by atoms with E-state index in [1.165, 1.54) is 0 Å². The maximum Gasteiger partial charge on any atom is 0.299 e. The second kappa shape index (κ2) is 6.14. The van der Waals surface area contributed by atoms with Crippen molar-refractivity contribution in [2.45, 2.75) is 6.92 Å². The van der Waals surface area contributed by atoms with E-state index in [4.69, 9.17) is 0 Å². The highest BCUT2D eigenvalue weighted by Crippen LogP contribution is 2.04. The summed E-state index contributed by atoms with van der Waals surface area (Å²) in [7, 11) is 0. The number of halogens is 1. The van der Waals surface area contributed by atoms with E-state index in [2.05, 4.69) is 14.7 Å². The Kier molecular flexibility index (Phi) is 5.47. The van der Waals surface area contributed by atoms with Crippen LogP contribution in [0.15, 0.2) is 29.4 Å². The van der Waals surface area contributed by atoms with Gasteiger partial charge in [0.1, 0.15) is 0 Å². The Morgan fingerprint density at radius 3 is 2.92 bits per heavy atom. The van der Waals surface area contributed by atoms with Gasteiger partial charge in [0, 0.05) is 13.1 Å². The molecule has 0 saturated carbocycles. The molecule has 0 aromatic carbocycles. The van der Waals surface area contributed by atoms with Crippen molar-refractivity contribution < 1.29 is 9.53 Å². The highest BCUT2D eigenvalue weighted by atomic mass is 35.5. The fraction of sp³-hybridized carbons (Fsp3) is 0.125. The van der Waals surface area contributed by atoms with Gasteiger partial charge in [0.25, 0.3) is 6.47 Å². The first-order chi connectivity index (χ1) is 5.83. The molecule has 1 aromatic heterocycles. The number of nitrogens with zero attached hydrogens (tertiary/aromatic N) is 2. The highest BCUT2D eigenvalue weighted by molar-refractivity contribution is 5.85. The molecule has 0 spiro atoms. The van der Waals surface area contributed by atoms with Crippen LogP contribution in [0, 0.1) is 0 Å². The molecule has 0 atom stereocenters. The summed E-state index contributed by atoms with van der Waals surface area (Å²) in [6, 6.07) is 5.31. The summed E-state index contributed by atoms with van der Waals surface area (Å²) in [5, 5.41) is 0. The monoisotopic (exact) mass is 200 g/mol. The molecular weight excluding hydrogens is 192 g/mol. The van der Waals surface area contributed by atoms with Gasteiger partial charge in [-0.15, -0.1) is 12.4 Å². The number of carbonyl (C=O) groups excluding carboxylic acids is 1. The van der Waals surface area contributed by atoms with Gasteiger partial charge in [-0.2, -0.15) is 4.99 Å². The average molecular weight is 201 g/mol. The molecule has 1 aromatic rings. The Morgan fingerprint density at radius 2 is 2.38 bits per heavy atom. The van der Waals surface area contributed by atoms with E-state index in [1.54, 1.807) is 31.3 Å². The van der Waals surface area contributed by atoms with Crippen LogP contribution >= 0.6 is 12.4 Å². The molecule has 0 aliphatic heterocycles.